The van der Waals surface area contributed by atoms with Gasteiger partial charge >= 0.3 is 0 Å². The third kappa shape index (κ3) is 8.30. The van der Waals surface area contributed by atoms with Crippen LogP contribution in [0, 0.1) is 0 Å². The van der Waals surface area contributed by atoms with Crippen LogP contribution < -0.4 is 5.32 Å². The fourth-order valence-electron chi connectivity index (χ4n) is 1.97. The average molecular weight is 263 g/mol. The van der Waals surface area contributed by atoms with E-state index in [1.807, 2.05) is 0 Å². The van der Waals surface area contributed by atoms with Gasteiger partial charge in [0, 0.05) is 18.8 Å². The first kappa shape index (κ1) is 15.6. The number of nitrogens with zero attached hydrogens (tertiary/aromatic N) is 2. The lowest BCUT2D eigenvalue weighted by molar-refractivity contribution is -0.116. The quantitative estimate of drug-likeness (QED) is 0.650. The molecule has 0 fully saturated rings. The first-order chi connectivity index (χ1) is 9.33. The second-order valence-electron chi connectivity index (χ2n) is 4.85. The zero-order chi connectivity index (χ0) is 13.8. The Morgan fingerprint density at radius 1 is 1.00 bits per heavy atom. The normalized spacial score (nSPS) is 10.4. The van der Waals surface area contributed by atoms with Crippen molar-refractivity contribution in [1.29, 1.82) is 0 Å². The van der Waals surface area contributed by atoms with Crippen LogP contribution in [0.15, 0.2) is 18.5 Å². The lowest BCUT2D eigenvalue weighted by Gasteiger charge is -2.03. The Balaban J connectivity index is 1.96. The highest BCUT2D eigenvalue weighted by Crippen LogP contribution is 2.09. The lowest BCUT2D eigenvalue weighted by atomic mass is 10.1. The van der Waals surface area contributed by atoms with Crippen molar-refractivity contribution in [3.63, 3.8) is 0 Å². The summed E-state index contributed by atoms with van der Waals surface area (Å²) in [6, 6.07) is 1.73. The molecule has 4 heteroatoms. The Labute approximate surface area is 116 Å². The van der Waals surface area contributed by atoms with Crippen molar-refractivity contribution in [2.75, 3.05) is 5.32 Å². The van der Waals surface area contributed by atoms with E-state index in [0.29, 0.717) is 12.4 Å². The van der Waals surface area contributed by atoms with E-state index < -0.39 is 0 Å². The lowest BCUT2D eigenvalue weighted by Crippen LogP contribution is -2.13. The number of carbonyl (C=O) groups is 1. The zero-order valence-electron chi connectivity index (χ0n) is 11.9. The SMILES string of the molecule is CCCCCCCCCCC(=O)Nc1ncccn1. The van der Waals surface area contributed by atoms with Gasteiger partial charge in [0.2, 0.25) is 11.9 Å². The molecule has 19 heavy (non-hydrogen) atoms. The molecule has 1 aromatic rings. The summed E-state index contributed by atoms with van der Waals surface area (Å²) >= 11 is 0. The molecule has 1 rings (SSSR count). The van der Waals surface area contributed by atoms with Gasteiger partial charge in [0.25, 0.3) is 0 Å². The smallest absolute Gasteiger partial charge is 0.229 e. The summed E-state index contributed by atoms with van der Waals surface area (Å²) in [5, 5.41) is 2.70. The van der Waals surface area contributed by atoms with Gasteiger partial charge in [0.05, 0.1) is 0 Å². The molecular formula is C15H25N3O. The molecule has 1 heterocycles. The van der Waals surface area contributed by atoms with Crippen LogP contribution >= 0.6 is 0 Å². The van der Waals surface area contributed by atoms with Crippen LogP contribution in [0.25, 0.3) is 0 Å². The van der Waals surface area contributed by atoms with E-state index in [9.17, 15) is 4.79 Å². The van der Waals surface area contributed by atoms with Gasteiger partial charge in [-0.1, -0.05) is 51.9 Å². The van der Waals surface area contributed by atoms with Gasteiger partial charge in [-0.15, -0.1) is 0 Å². The molecule has 0 saturated carbocycles. The summed E-state index contributed by atoms with van der Waals surface area (Å²) in [4.78, 5) is 19.5. The van der Waals surface area contributed by atoms with Crippen LogP contribution in [0.4, 0.5) is 5.95 Å². The van der Waals surface area contributed by atoms with Gasteiger partial charge < -0.3 is 0 Å². The maximum atomic E-state index is 11.6. The van der Waals surface area contributed by atoms with Crippen LogP contribution in [0.3, 0.4) is 0 Å². The highest BCUT2D eigenvalue weighted by Gasteiger charge is 2.03. The van der Waals surface area contributed by atoms with Gasteiger partial charge in [0.1, 0.15) is 0 Å². The highest BCUT2D eigenvalue weighted by molar-refractivity contribution is 5.88. The Morgan fingerprint density at radius 3 is 2.21 bits per heavy atom. The number of hydrogen-bond donors (Lipinski definition) is 1. The number of aromatic nitrogens is 2. The van der Waals surface area contributed by atoms with E-state index >= 15 is 0 Å². The number of unbranched alkanes of at least 4 members (excludes halogenated alkanes) is 7. The van der Waals surface area contributed by atoms with Crippen molar-refractivity contribution in [2.45, 2.75) is 64.7 Å². The number of anilines is 1. The summed E-state index contributed by atoms with van der Waals surface area (Å²) in [5.74, 6) is 0.407. The molecule has 1 N–H and O–H groups in total. The van der Waals surface area contributed by atoms with Gasteiger partial charge in [-0.25, -0.2) is 9.97 Å². The molecule has 0 spiro atoms. The molecule has 0 radical (unpaired) electrons. The monoisotopic (exact) mass is 263 g/mol. The molecule has 0 aliphatic heterocycles. The molecule has 106 valence electrons. The van der Waals surface area contributed by atoms with Gasteiger partial charge in [-0.3, -0.25) is 10.1 Å². The largest absolute Gasteiger partial charge is 0.295 e. The van der Waals surface area contributed by atoms with Crippen LogP contribution in [-0.2, 0) is 4.79 Å². The predicted molar refractivity (Wildman–Crippen MR) is 77.9 cm³/mol. The summed E-state index contributed by atoms with van der Waals surface area (Å²) in [6.07, 6.45) is 13.7. The van der Waals surface area contributed by atoms with Crippen molar-refractivity contribution >= 4 is 11.9 Å². The molecule has 1 amide bonds. The molecule has 0 saturated heterocycles. The zero-order valence-corrected chi connectivity index (χ0v) is 11.9. The Hall–Kier alpha value is -1.45. The van der Waals surface area contributed by atoms with E-state index in [-0.39, 0.29) is 5.91 Å². The Kier molecular flexibility index (Phi) is 8.60. The Bertz CT molecular complexity index is 341. The van der Waals surface area contributed by atoms with Crippen LogP contribution in [0.2, 0.25) is 0 Å². The summed E-state index contributed by atoms with van der Waals surface area (Å²) in [5.41, 5.74) is 0. The number of carbonyl (C=O) groups excluding carboxylic acids is 1. The number of rotatable bonds is 10. The maximum Gasteiger partial charge on any atom is 0.229 e. The van der Waals surface area contributed by atoms with Gasteiger partial charge in [-0.05, 0) is 12.5 Å². The minimum atomic E-state index is 0.0113. The number of hydrogen-bond acceptors (Lipinski definition) is 3. The number of amides is 1. The standard InChI is InChI=1S/C15H25N3O/c1-2-3-4-5-6-7-8-9-11-14(19)18-15-16-12-10-13-17-15/h10,12-13H,2-9,11H2,1H3,(H,16,17,18,19). The topological polar surface area (TPSA) is 54.9 Å². The molecule has 0 bridgehead atoms. The van der Waals surface area contributed by atoms with Crippen LogP contribution in [-0.4, -0.2) is 15.9 Å². The second-order valence-corrected chi connectivity index (χ2v) is 4.85. The number of nitrogens with one attached hydrogen (secondary N) is 1. The minimum Gasteiger partial charge on any atom is -0.295 e. The molecule has 0 aliphatic carbocycles. The summed E-state index contributed by atoms with van der Waals surface area (Å²) < 4.78 is 0. The second kappa shape index (κ2) is 10.5. The van der Waals surface area contributed by atoms with Crippen molar-refractivity contribution in [3.8, 4) is 0 Å². The molecule has 1 aromatic heterocycles. The van der Waals surface area contributed by atoms with Crippen molar-refractivity contribution in [2.24, 2.45) is 0 Å². The van der Waals surface area contributed by atoms with E-state index in [4.69, 9.17) is 0 Å². The minimum absolute atomic E-state index is 0.0113. The predicted octanol–water partition coefficient (Wildman–Crippen LogP) is 3.95. The molecule has 0 aliphatic rings. The molecule has 0 atom stereocenters. The van der Waals surface area contributed by atoms with Crippen molar-refractivity contribution in [3.05, 3.63) is 18.5 Å². The van der Waals surface area contributed by atoms with E-state index in [1.165, 1.54) is 38.5 Å². The van der Waals surface area contributed by atoms with E-state index in [0.717, 1.165) is 12.8 Å². The van der Waals surface area contributed by atoms with Gasteiger partial charge in [0.15, 0.2) is 0 Å². The Morgan fingerprint density at radius 2 is 1.58 bits per heavy atom. The third-order valence-corrected chi connectivity index (χ3v) is 3.07. The maximum absolute atomic E-state index is 11.6. The molecule has 4 nitrogen and oxygen atoms in total. The molecular weight excluding hydrogens is 238 g/mol. The van der Waals surface area contributed by atoms with Crippen molar-refractivity contribution < 1.29 is 4.79 Å². The fraction of sp³-hybridized carbons (Fsp3) is 0.667. The average Bonchev–Trinajstić information content (AvgIpc) is 2.43. The molecule has 0 aromatic carbocycles. The highest BCUT2D eigenvalue weighted by atomic mass is 16.1. The van der Waals surface area contributed by atoms with Crippen LogP contribution in [0.5, 0.6) is 0 Å². The fourth-order valence-corrected chi connectivity index (χ4v) is 1.97. The summed E-state index contributed by atoms with van der Waals surface area (Å²) in [7, 11) is 0. The first-order valence-electron chi connectivity index (χ1n) is 7.40. The molecule has 0 unspecified atom stereocenters. The van der Waals surface area contributed by atoms with E-state index in [2.05, 4.69) is 22.2 Å². The van der Waals surface area contributed by atoms with Crippen LogP contribution in [0.1, 0.15) is 64.7 Å². The first-order valence-corrected chi connectivity index (χ1v) is 7.40. The third-order valence-electron chi connectivity index (χ3n) is 3.07. The summed E-state index contributed by atoms with van der Waals surface area (Å²) in [6.45, 7) is 2.23. The van der Waals surface area contributed by atoms with Crippen molar-refractivity contribution in [1.82, 2.24) is 9.97 Å². The van der Waals surface area contributed by atoms with Gasteiger partial charge in [-0.2, -0.15) is 0 Å². The van der Waals surface area contributed by atoms with E-state index in [1.54, 1.807) is 18.5 Å².